The summed E-state index contributed by atoms with van der Waals surface area (Å²) in [7, 11) is 0. The lowest BCUT2D eigenvalue weighted by atomic mass is 9.85. The van der Waals surface area contributed by atoms with Crippen LogP contribution in [0.1, 0.15) is 25.7 Å². The van der Waals surface area contributed by atoms with E-state index in [1.807, 2.05) is 0 Å². The van der Waals surface area contributed by atoms with Crippen molar-refractivity contribution in [2.24, 2.45) is 5.92 Å². The Labute approximate surface area is 102 Å². The lowest BCUT2D eigenvalue weighted by molar-refractivity contribution is 0.180. The Bertz CT molecular complexity index is 182. The standard InChI is InChI=1S/C12H23BrN2/c13-5-8-14-6-2-7-15(10-9-14)11-12-3-1-4-12/h12H,1-11H2. The second kappa shape index (κ2) is 6.21. The fourth-order valence-corrected chi connectivity index (χ4v) is 3.09. The molecule has 0 atom stereocenters. The molecule has 0 amide bonds. The van der Waals surface area contributed by atoms with Crippen LogP contribution in [0.3, 0.4) is 0 Å². The van der Waals surface area contributed by atoms with Crippen molar-refractivity contribution < 1.29 is 0 Å². The first-order valence-corrected chi connectivity index (χ1v) is 7.51. The molecule has 2 rings (SSSR count). The van der Waals surface area contributed by atoms with E-state index in [2.05, 4.69) is 25.7 Å². The molecule has 0 spiro atoms. The van der Waals surface area contributed by atoms with Crippen molar-refractivity contribution in [2.45, 2.75) is 25.7 Å². The number of nitrogens with zero attached hydrogens (tertiary/aromatic N) is 2. The lowest BCUT2D eigenvalue weighted by Crippen LogP contribution is -2.36. The molecule has 0 N–H and O–H groups in total. The highest BCUT2D eigenvalue weighted by Gasteiger charge is 2.22. The maximum absolute atomic E-state index is 3.53. The molecule has 0 aromatic rings. The molecule has 88 valence electrons. The van der Waals surface area contributed by atoms with Crippen LogP contribution in [0.5, 0.6) is 0 Å². The minimum absolute atomic E-state index is 1.03. The smallest absolute Gasteiger partial charge is 0.0159 e. The van der Waals surface area contributed by atoms with Crippen LogP contribution in [0.25, 0.3) is 0 Å². The van der Waals surface area contributed by atoms with Crippen LogP contribution in [0.15, 0.2) is 0 Å². The van der Waals surface area contributed by atoms with Crippen molar-refractivity contribution in [3.05, 3.63) is 0 Å². The Kier molecular flexibility index (Phi) is 4.92. The zero-order valence-electron chi connectivity index (χ0n) is 9.63. The Morgan fingerprint density at radius 1 is 0.933 bits per heavy atom. The van der Waals surface area contributed by atoms with Crippen molar-refractivity contribution in [3.63, 3.8) is 0 Å². The predicted molar refractivity (Wildman–Crippen MR) is 68.6 cm³/mol. The average molecular weight is 275 g/mol. The van der Waals surface area contributed by atoms with Gasteiger partial charge in [0.15, 0.2) is 0 Å². The van der Waals surface area contributed by atoms with Gasteiger partial charge in [0.25, 0.3) is 0 Å². The maximum atomic E-state index is 3.53. The molecule has 0 unspecified atom stereocenters. The van der Waals surface area contributed by atoms with Gasteiger partial charge in [-0.25, -0.2) is 0 Å². The van der Waals surface area contributed by atoms with E-state index in [4.69, 9.17) is 0 Å². The van der Waals surface area contributed by atoms with E-state index in [0.717, 1.165) is 11.2 Å². The van der Waals surface area contributed by atoms with Gasteiger partial charge >= 0.3 is 0 Å². The molecule has 2 nitrogen and oxygen atoms in total. The second-order valence-electron chi connectivity index (χ2n) is 4.98. The topological polar surface area (TPSA) is 6.48 Å². The summed E-state index contributed by atoms with van der Waals surface area (Å²) in [4.78, 5) is 5.29. The molecule has 1 aliphatic carbocycles. The molecule has 0 radical (unpaired) electrons. The average Bonchev–Trinajstić information content (AvgIpc) is 2.38. The van der Waals surface area contributed by atoms with Gasteiger partial charge in [-0.3, -0.25) is 0 Å². The van der Waals surface area contributed by atoms with Gasteiger partial charge in [-0.1, -0.05) is 22.4 Å². The summed E-state index contributed by atoms with van der Waals surface area (Å²) in [6, 6.07) is 0. The van der Waals surface area contributed by atoms with Crippen molar-refractivity contribution in [3.8, 4) is 0 Å². The van der Waals surface area contributed by atoms with Crippen LogP contribution >= 0.6 is 15.9 Å². The molecular weight excluding hydrogens is 252 g/mol. The first-order chi connectivity index (χ1) is 7.38. The highest BCUT2D eigenvalue weighted by Crippen LogP contribution is 2.27. The molecule has 0 aromatic heterocycles. The third-order valence-electron chi connectivity index (χ3n) is 3.82. The van der Waals surface area contributed by atoms with Gasteiger partial charge in [0.05, 0.1) is 0 Å². The molecule has 1 saturated heterocycles. The van der Waals surface area contributed by atoms with Gasteiger partial charge in [-0.05, 0) is 38.3 Å². The molecule has 1 saturated carbocycles. The minimum atomic E-state index is 1.03. The fourth-order valence-electron chi connectivity index (χ4n) is 2.59. The summed E-state index contributed by atoms with van der Waals surface area (Å²) in [5.74, 6) is 1.03. The molecule has 0 aromatic carbocycles. The van der Waals surface area contributed by atoms with Crippen LogP contribution in [-0.2, 0) is 0 Å². The molecular formula is C12H23BrN2. The van der Waals surface area contributed by atoms with E-state index < -0.39 is 0 Å². The summed E-state index contributed by atoms with van der Waals surface area (Å²) >= 11 is 3.53. The minimum Gasteiger partial charge on any atom is -0.302 e. The molecule has 3 heteroatoms. The zero-order valence-corrected chi connectivity index (χ0v) is 11.2. The Morgan fingerprint density at radius 3 is 2.33 bits per heavy atom. The van der Waals surface area contributed by atoms with Crippen LogP contribution in [0, 0.1) is 5.92 Å². The van der Waals surface area contributed by atoms with E-state index in [9.17, 15) is 0 Å². The fraction of sp³-hybridized carbons (Fsp3) is 1.00. The summed E-state index contributed by atoms with van der Waals surface area (Å²) < 4.78 is 0. The lowest BCUT2D eigenvalue weighted by Gasteiger charge is -2.31. The molecule has 1 heterocycles. The Hall–Kier alpha value is 0.400. The van der Waals surface area contributed by atoms with Gasteiger partial charge in [0.2, 0.25) is 0 Å². The summed E-state index contributed by atoms with van der Waals surface area (Å²) in [5.41, 5.74) is 0. The summed E-state index contributed by atoms with van der Waals surface area (Å²) in [6.45, 7) is 7.79. The monoisotopic (exact) mass is 274 g/mol. The first-order valence-electron chi connectivity index (χ1n) is 6.39. The van der Waals surface area contributed by atoms with Crippen LogP contribution in [-0.4, -0.2) is 54.4 Å². The molecule has 0 bridgehead atoms. The SMILES string of the molecule is BrCCN1CCCN(CC2CCC2)CC1. The maximum Gasteiger partial charge on any atom is 0.0159 e. The third kappa shape index (κ3) is 3.72. The Balaban J connectivity index is 1.68. The highest BCUT2D eigenvalue weighted by molar-refractivity contribution is 9.09. The van der Waals surface area contributed by atoms with E-state index in [1.54, 1.807) is 0 Å². The molecule has 1 aliphatic heterocycles. The number of hydrogen-bond donors (Lipinski definition) is 0. The number of halogens is 1. The van der Waals surface area contributed by atoms with Gasteiger partial charge < -0.3 is 9.80 Å². The highest BCUT2D eigenvalue weighted by atomic mass is 79.9. The zero-order chi connectivity index (χ0) is 10.5. The second-order valence-corrected chi connectivity index (χ2v) is 5.77. The van der Waals surface area contributed by atoms with Crippen molar-refractivity contribution in [1.82, 2.24) is 9.80 Å². The predicted octanol–water partition coefficient (Wildman–Crippen LogP) is 2.19. The van der Waals surface area contributed by atoms with Gasteiger partial charge in [0.1, 0.15) is 0 Å². The van der Waals surface area contributed by atoms with Crippen LogP contribution in [0.4, 0.5) is 0 Å². The van der Waals surface area contributed by atoms with Crippen molar-refractivity contribution in [1.29, 1.82) is 0 Å². The third-order valence-corrected chi connectivity index (χ3v) is 4.18. The number of hydrogen-bond acceptors (Lipinski definition) is 2. The van der Waals surface area contributed by atoms with E-state index >= 15 is 0 Å². The van der Waals surface area contributed by atoms with Crippen molar-refractivity contribution in [2.75, 3.05) is 44.6 Å². The van der Waals surface area contributed by atoms with Gasteiger partial charge in [-0.15, -0.1) is 0 Å². The van der Waals surface area contributed by atoms with Crippen molar-refractivity contribution >= 4 is 15.9 Å². The molecule has 2 fully saturated rings. The summed E-state index contributed by atoms with van der Waals surface area (Å²) in [6.07, 6.45) is 5.82. The molecule has 2 aliphatic rings. The first kappa shape index (κ1) is 11.9. The number of alkyl halides is 1. The van der Waals surface area contributed by atoms with Gasteiger partial charge in [-0.2, -0.15) is 0 Å². The number of rotatable bonds is 4. The van der Waals surface area contributed by atoms with Crippen LogP contribution < -0.4 is 0 Å². The van der Waals surface area contributed by atoms with Crippen LogP contribution in [0.2, 0.25) is 0 Å². The Morgan fingerprint density at radius 2 is 1.67 bits per heavy atom. The van der Waals surface area contributed by atoms with Gasteiger partial charge in [0, 0.05) is 31.5 Å². The molecule has 15 heavy (non-hydrogen) atoms. The normalized spacial score (nSPS) is 26.2. The quantitative estimate of drug-likeness (QED) is 0.726. The van der Waals surface area contributed by atoms with E-state index in [-0.39, 0.29) is 0 Å². The largest absolute Gasteiger partial charge is 0.302 e. The summed E-state index contributed by atoms with van der Waals surface area (Å²) in [5, 5.41) is 1.12. The van der Waals surface area contributed by atoms with E-state index in [0.29, 0.717) is 0 Å². The van der Waals surface area contributed by atoms with E-state index in [1.165, 1.54) is 65.0 Å².